The van der Waals surface area contributed by atoms with Crippen LogP contribution in [0.3, 0.4) is 0 Å². The Morgan fingerprint density at radius 1 is 1.31 bits per heavy atom. The van der Waals surface area contributed by atoms with Crippen molar-refractivity contribution in [2.45, 2.75) is 6.61 Å². The van der Waals surface area contributed by atoms with Crippen LogP contribution in [0.5, 0.6) is 0 Å². The van der Waals surface area contributed by atoms with Crippen LogP contribution in [0.2, 0.25) is 10.0 Å². The fraction of sp³-hybridized carbons (Fsp3) is 0.125. The number of rotatable bonds is 2. The molecule has 0 saturated carbocycles. The lowest BCUT2D eigenvalue weighted by molar-refractivity contribution is 0.0697. The van der Waals surface area contributed by atoms with E-state index >= 15 is 0 Å². The monoisotopic (exact) mass is 220 g/mol. The summed E-state index contributed by atoms with van der Waals surface area (Å²) in [6.07, 6.45) is 0. The molecule has 0 fully saturated rings. The lowest BCUT2D eigenvalue weighted by atomic mass is 10.1. The van der Waals surface area contributed by atoms with Crippen molar-refractivity contribution < 1.29 is 15.0 Å². The van der Waals surface area contributed by atoms with E-state index in [4.69, 9.17) is 33.4 Å². The summed E-state index contributed by atoms with van der Waals surface area (Å²) < 4.78 is 0. The van der Waals surface area contributed by atoms with Crippen molar-refractivity contribution in [2.75, 3.05) is 0 Å². The number of hydrogen-bond acceptors (Lipinski definition) is 2. The third-order valence-electron chi connectivity index (χ3n) is 1.55. The number of hydrogen-bond donors (Lipinski definition) is 2. The SMILES string of the molecule is O=C(O)c1cc(Cl)c(CO)c(Cl)c1. The zero-order valence-electron chi connectivity index (χ0n) is 6.42. The first kappa shape index (κ1) is 10.3. The zero-order chi connectivity index (χ0) is 10.0. The van der Waals surface area contributed by atoms with Crippen LogP contribution >= 0.6 is 23.2 Å². The Morgan fingerprint density at radius 2 is 1.77 bits per heavy atom. The van der Waals surface area contributed by atoms with Gasteiger partial charge in [-0.2, -0.15) is 0 Å². The first-order valence-electron chi connectivity index (χ1n) is 3.38. The van der Waals surface area contributed by atoms with Gasteiger partial charge in [0.15, 0.2) is 0 Å². The molecule has 0 atom stereocenters. The highest BCUT2D eigenvalue weighted by Gasteiger charge is 2.10. The van der Waals surface area contributed by atoms with Gasteiger partial charge in [0.25, 0.3) is 0 Å². The topological polar surface area (TPSA) is 57.5 Å². The molecule has 0 unspecified atom stereocenters. The molecule has 0 aliphatic heterocycles. The summed E-state index contributed by atoms with van der Waals surface area (Å²) in [5.74, 6) is -1.10. The van der Waals surface area contributed by atoms with Crippen LogP contribution < -0.4 is 0 Å². The standard InChI is InChI=1S/C8H6Cl2O3/c9-6-1-4(8(12)13)2-7(10)5(6)3-11/h1-2,11H,3H2,(H,12,13). The first-order valence-corrected chi connectivity index (χ1v) is 4.14. The molecule has 13 heavy (non-hydrogen) atoms. The van der Waals surface area contributed by atoms with Gasteiger partial charge < -0.3 is 10.2 Å². The van der Waals surface area contributed by atoms with E-state index in [1.165, 1.54) is 12.1 Å². The molecule has 1 aromatic rings. The summed E-state index contributed by atoms with van der Waals surface area (Å²) in [7, 11) is 0. The third-order valence-corrected chi connectivity index (χ3v) is 2.22. The zero-order valence-corrected chi connectivity index (χ0v) is 7.93. The minimum Gasteiger partial charge on any atom is -0.478 e. The quantitative estimate of drug-likeness (QED) is 0.804. The van der Waals surface area contributed by atoms with Gasteiger partial charge in [-0.1, -0.05) is 23.2 Å². The maximum absolute atomic E-state index is 10.5. The molecule has 1 aromatic carbocycles. The van der Waals surface area contributed by atoms with E-state index in [0.717, 1.165) is 0 Å². The fourth-order valence-corrected chi connectivity index (χ4v) is 1.48. The van der Waals surface area contributed by atoms with Gasteiger partial charge in [0.05, 0.1) is 12.2 Å². The predicted octanol–water partition coefficient (Wildman–Crippen LogP) is 2.18. The Bertz CT molecular complexity index is 326. The molecule has 2 N–H and O–H groups in total. The number of aliphatic hydroxyl groups is 1. The van der Waals surface area contributed by atoms with E-state index in [1.807, 2.05) is 0 Å². The summed E-state index contributed by atoms with van der Waals surface area (Å²) in [4.78, 5) is 10.5. The number of carbonyl (C=O) groups is 1. The number of benzene rings is 1. The summed E-state index contributed by atoms with van der Waals surface area (Å²) in [6.45, 7) is -0.308. The smallest absolute Gasteiger partial charge is 0.335 e. The van der Waals surface area contributed by atoms with E-state index in [-0.39, 0.29) is 22.2 Å². The first-order chi connectivity index (χ1) is 6.06. The highest BCUT2D eigenvalue weighted by atomic mass is 35.5. The Labute approximate surface area is 84.5 Å². The maximum Gasteiger partial charge on any atom is 0.335 e. The van der Waals surface area contributed by atoms with E-state index in [9.17, 15) is 4.79 Å². The van der Waals surface area contributed by atoms with Gasteiger partial charge in [0.1, 0.15) is 0 Å². The molecule has 5 heteroatoms. The van der Waals surface area contributed by atoms with Gasteiger partial charge in [-0.05, 0) is 12.1 Å². The molecule has 0 aliphatic rings. The molecule has 3 nitrogen and oxygen atoms in total. The molecule has 0 saturated heterocycles. The van der Waals surface area contributed by atoms with Crippen molar-refractivity contribution in [2.24, 2.45) is 0 Å². The molecule has 0 amide bonds. The average Bonchev–Trinajstić information content (AvgIpc) is 2.03. The second-order valence-electron chi connectivity index (χ2n) is 2.38. The average molecular weight is 221 g/mol. The van der Waals surface area contributed by atoms with Crippen molar-refractivity contribution >= 4 is 29.2 Å². The lowest BCUT2D eigenvalue weighted by Gasteiger charge is -2.04. The summed E-state index contributed by atoms with van der Waals surface area (Å²) in [6, 6.07) is 2.50. The molecule has 1 rings (SSSR count). The molecule has 0 aliphatic carbocycles. The lowest BCUT2D eigenvalue weighted by Crippen LogP contribution is -1.98. The molecule has 70 valence electrons. The largest absolute Gasteiger partial charge is 0.478 e. The van der Waals surface area contributed by atoms with Gasteiger partial charge >= 0.3 is 5.97 Å². The molecule has 0 bridgehead atoms. The van der Waals surface area contributed by atoms with Crippen molar-refractivity contribution in [1.82, 2.24) is 0 Å². The minimum absolute atomic E-state index is 0.00667. The van der Waals surface area contributed by atoms with Crippen molar-refractivity contribution in [3.05, 3.63) is 33.3 Å². The Hall–Kier alpha value is -0.770. The number of carboxylic acid groups (broad SMARTS) is 1. The van der Waals surface area contributed by atoms with Crippen LogP contribution in [0.15, 0.2) is 12.1 Å². The molecule has 0 spiro atoms. The number of aliphatic hydroxyl groups excluding tert-OH is 1. The van der Waals surface area contributed by atoms with E-state index in [0.29, 0.717) is 5.56 Å². The van der Waals surface area contributed by atoms with Gasteiger partial charge in [-0.3, -0.25) is 0 Å². The Kier molecular flexibility index (Phi) is 3.14. The van der Waals surface area contributed by atoms with Crippen LogP contribution in [0.25, 0.3) is 0 Å². The molecule has 0 heterocycles. The molecule has 0 radical (unpaired) electrons. The van der Waals surface area contributed by atoms with E-state index in [2.05, 4.69) is 0 Å². The Balaban J connectivity index is 3.28. The number of aromatic carboxylic acids is 1. The van der Waals surface area contributed by atoms with Crippen LogP contribution in [0, 0.1) is 0 Å². The van der Waals surface area contributed by atoms with Crippen LogP contribution in [-0.4, -0.2) is 16.2 Å². The van der Waals surface area contributed by atoms with E-state index in [1.54, 1.807) is 0 Å². The van der Waals surface area contributed by atoms with Crippen LogP contribution in [0.4, 0.5) is 0 Å². The van der Waals surface area contributed by atoms with Gasteiger partial charge in [0, 0.05) is 15.6 Å². The normalized spacial score (nSPS) is 10.1. The highest BCUT2D eigenvalue weighted by molar-refractivity contribution is 6.36. The number of carboxylic acids is 1. The molecular weight excluding hydrogens is 215 g/mol. The predicted molar refractivity (Wildman–Crippen MR) is 49.3 cm³/mol. The second-order valence-corrected chi connectivity index (χ2v) is 3.20. The van der Waals surface area contributed by atoms with E-state index < -0.39 is 5.97 Å². The Morgan fingerprint density at radius 3 is 2.08 bits per heavy atom. The fourth-order valence-electron chi connectivity index (χ4n) is 0.878. The number of halogens is 2. The summed E-state index contributed by atoms with van der Waals surface area (Å²) >= 11 is 11.3. The van der Waals surface area contributed by atoms with Crippen molar-refractivity contribution in [3.8, 4) is 0 Å². The molecule has 0 aromatic heterocycles. The third kappa shape index (κ3) is 2.12. The maximum atomic E-state index is 10.5. The summed E-state index contributed by atoms with van der Waals surface area (Å²) in [5.41, 5.74) is 0.348. The van der Waals surface area contributed by atoms with Crippen LogP contribution in [-0.2, 0) is 6.61 Å². The van der Waals surface area contributed by atoms with Gasteiger partial charge in [0.2, 0.25) is 0 Å². The van der Waals surface area contributed by atoms with Crippen molar-refractivity contribution in [1.29, 1.82) is 0 Å². The van der Waals surface area contributed by atoms with Gasteiger partial charge in [-0.15, -0.1) is 0 Å². The van der Waals surface area contributed by atoms with Crippen molar-refractivity contribution in [3.63, 3.8) is 0 Å². The summed E-state index contributed by atoms with van der Waals surface area (Å²) in [5, 5.41) is 17.7. The molecular formula is C8H6Cl2O3. The van der Waals surface area contributed by atoms with Crippen LogP contribution in [0.1, 0.15) is 15.9 Å². The minimum atomic E-state index is -1.10. The second kappa shape index (κ2) is 3.96. The van der Waals surface area contributed by atoms with Gasteiger partial charge in [-0.25, -0.2) is 4.79 Å². The highest BCUT2D eigenvalue weighted by Crippen LogP contribution is 2.26.